The van der Waals surface area contributed by atoms with Crippen LogP contribution >= 0.6 is 24.0 Å². The van der Waals surface area contributed by atoms with Gasteiger partial charge in [0.25, 0.3) is 0 Å². The normalized spacial score (nSPS) is 23.7. The number of nitrogens with zero attached hydrogens (tertiary/aromatic N) is 1. The standard InChI is InChI=1S/C10H19NS2/c1-7(2)5-11-9(12)6-13-10(11)8(3)4/h7-8,10H,5-6H2,1-4H3. The van der Waals surface area contributed by atoms with Crippen LogP contribution in [0.15, 0.2) is 0 Å². The zero-order valence-corrected chi connectivity index (χ0v) is 10.5. The summed E-state index contributed by atoms with van der Waals surface area (Å²) in [7, 11) is 0. The molecule has 3 heteroatoms. The van der Waals surface area contributed by atoms with Gasteiger partial charge in [0.1, 0.15) is 0 Å². The zero-order chi connectivity index (χ0) is 10.0. The topological polar surface area (TPSA) is 3.24 Å². The number of thiocarbonyl (C=S) groups is 1. The highest BCUT2D eigenvalue weighted by molar-refractivity contribution is 8.02. The van der Waals surface area contributed by atoms with Crippen molar-refractivity contribution >= 4 is 29.0 Å². The average molecular weight is 217 g/mol. The molecule has 0 radical (unpaired) electrons. The fourth-order valence-electron chi connectivity index (χ4n) is 1.62. The van der Waals surface area contributed by atoms with Crippen molar-refractivity contribution in [3.63, 3.8) is 0 Å². The van der Waals surface area contributed by atoms with E-state index < -0.39 is 0 Å². The molecule has 1 saturated heterocycles. The van der Waals surface area contributed by atoms with E-state index >= 15 is 0 Å². The van der Waals surface area contributed by atoms with Gasteiger partial charge in [0.2, 0.25) is 0 Å². The van der Waals surface area contributed by atoms with Crippen LogP contribution in [0.5, 0.6) is 0 Å². The smallest absolute Gasteiger partial charge is 0.0889 e. The maximum absolute atomic E-state index is 5.36. The second-order valence-corrected chi connectivity index (χ2v) is 5.96. The Morgan fingerprint density at radius 3 is 2.54 bits per heavy atom. The molecule has 0 aromatic rings. The second kappa shape index (κ2) is 4.65. The quantitative estimate of drug-likeness (QED) is 0.669. The van der Waals surface area contributed by atoms with Gasteiger partial charge in [0.15, 0.2) is 0 Å². The number of rotatable bonds is 3. The number of hydrogen-bond acceptors (Lipinski definition) is 2. The third kappa shape index (κ3) is 2.84. The van der Waals surface area contributed by atoms with Crippen molar-refractivity contribution in [3.05, 3.63) is 0 Å². The summed E-state index contributed by atoms with van der Waals surface area (Å²) < 4.78 is 0. The fraction of sp³-hybridized carbons (Fsp3) is 0.900. The van der Waals surface area contributed by atoms with E-state index in [1.54, 1.807) is 0 Å². The van der Waals surface area contributed by atoms with Gasteiger partial charge in [-0.25, -0.2) is 0 Å². The summed E-state index contributed by atoms with van der Waals surface area (Å²) >= 11 is 7.35. The highest BCUT2D eigenvalue weighted by atomic mass is 32.2. The Morgan fingerprint density at radius 2 is 2.08 bits per heavy atom. The molecule has 0 aromatic carbocycles. The van der Waals surface area contributed by atoms with Crippen LogP contribution in [0, 0.1) is 11.8 Å². The fourth-order valence-corrected chi connectivity index (χ4v) is 3.34. The molecule has 0 spiro atoms. The monoisotopic (exact) mass is 217 g/mol. The Labute approximate surface area is 91.3 Å². The van der Waals surface area contributed by atoms with E-state index in [1.807, 2.05) is 11.8 Å². The first-order valence-corrected chi connectivity index (χ1v) is 6.39. The Kier molecular flexibility index (Phi) is 4.05. The van der Waals surface area contributed by atoms with Gasteiger partial charge in [-0.15, -0.1) is 11.8 Å². The van der Waals surface area contributed by atoms with E-state index in [4.69, 9.17) is 12.2 Å². The van der Waals surface area contributed by atoms with Crippen molar-refractivity contribution in [2.45, 2.75) is 33.1 Å². The second-order valence-electron chi connectivity index (χ2n) is 4.39. The molecule has 0 bridgehead atoms. The predicted octanol–water partition coefficient (Wildman–Crippen LogP) is 3.00. The van der Waals surface area contributed by atoms with Crippen LogP contribution in [0.2, 0.25) is 0 Å². The van der Waals surface area contributed by atoms with E-state index in [1.165, 1.54) is 0 Å². The molecule has 1 atom stereocenters. The first kappa shape index (κ1) is 11.3. The molecular formula is C10H19NS2. The van der Waals surface area contributed by atoms with Gasteiger partial charge in [0, 0.05) is 12.3 Å². The molecular weight excluding hydrogens is 198 g/mol. The molecule has 0 aromatic heterocycles. The molecule has 0 aliphatic carbocycles. The zero-order valence-electron chi connectivity index (χ0n) is 8.91. The summed E-state index contributed by atoms with van der Waals surface area (Å²) in [6.07, 6.45) is 0. The van der Waals surface area contributed by atoms with Crippen LogP contribution in [-0.2, 0) is 0 Å². The summed E-state index contributed by atoms with van der Waals surface area (Å²) in [5.74, 6) is 2.45. The first-order chi connectivity index (χ1) is 6.02. The van der Waals surface area contributed by atoms with Crippen molar-refractivity contribution in [1.82, 2.24) is 4.90 Å². The third-order valence-electron chi connectivity index (χ3n) is 2.14. The van der Waals surface area contributed by atoms with Crippen molar-refractivity contribution in [3.8, 4) is 0 Å². The van der Waals surface area contributed by atoms with E-state index in [0.717, 1.165) is 17.3 Å². The van der Waals surface area contributed by atoms with Crippen molar-refractivity contribution in [2.24, 2.45) is 11.8 Å². The molecule has 1 rings (SSSR count). The summed E-state index contributed by atoms with van der Waals surface area (Å²) in [5, 5.41) is 0.620. The van der Waals surface area contributed by atoms with Gasteiger partial charge in [-0.05, 0) is 11.8 Å². The Morgan fingerprint density at radius 1 is 1.46 bits per heavy atom. The van der Waals surface area contributed by atoms with Gasteiger partial charge >= 0.3 is 0 Å². The van der Waals surface area contributed by atoms with Crippen LogP contribution in [0.4, 0.5) is 0 Å². The molecule has 0 amide bonds. The van der Waals surface area contributed by atoms with Gasteiger partial charge in [-0.1, -0.05) is 39.9 Å². The van der Waals surface area contributed by atoms with E-state index in [-0.39, 0.29) is 0 Å². The van der Waals surface area contributed by atoms with Crippen molar-refractivity contribution < 1.29 is 0 Å². The Bertz CT molecular complexity index is 189. The lowest BCUT2D eigenvalue weighted by Gasteiger charge is -2.29. The number of thioether (sulfide) groups is 1. The van der Waals surface area contributed by atoms with Crippen molar-refractivity contribution in [2.75, 3.05) is 12.3 Å². The van der Waals surface area contributed by atoms with E-state index in [9.17, 15) is 0 Å². The Balaban J connectivity index is 2.60. The molecule has 0 N–H and O–H groups in total. The molecule has 1 aliphatic rings. The van der Waals surface area contributed by atoms with Crippen LogP contribution in [0.3, 0.4) is 0 Å². The van der Waals surface area contributed by atoms with Crippen molar-refractivity contribution in [1.29, 1.82) is 0 Å². The van der Waals surface area contributed by atoms with Crippen LogP contribution < -0.4 is 0 Å². The minimum atomic E-state index is 0.620. The largest absolute Gasteiger partial charge is 0.353 e. The summed E-state index contributed by atoms with van der Waals surface area (Å²) in [6.45, 7) is 10.2. The maximum atomic E-state index is 5.36. The van der Waals surface area contributed by atoms with Crippen LogP contribution in [0.25, 0.3) is 0 Å². The first-order valence-electron chi connectivity index (χ1n) is 4.93. The SMILES string of the molecule is CC(C)CN1C(=S)CSC1C(C)C. The lowest BCUT2D eigenvalue weighted by atomic mass is 10.1. The molecule has 13 heavy (non-hydrogen) atoms. The molecule has 1 heterocycles. The molecule has 1 fully saturated rings. The highest BCUT2D eigenvalue weighted by Gasteiger charge is 2.30. The van der Waals surface area contributed by atoms with Gasteiger partial charge in [-0.3, -0.25) is 0 Å². The van der Waals surface area contributed by atoms with Crippen LogP contribution in [-0.4, -0.2) is 27.6 Å². The Hall–Kier alpha value is 0.240. The molecule has 0 saturated carbocycles. The number of hydrogen-bond donors (Lipinski definition) is 0. The molecule has 1 nitrogen and oxygen atoms in total. The average Bonchev–Trinajstić information content (AvgIpc) is 2.32. The maximum Gasteiger partial charge on any atom is 0.0889 e. The lowest BCUT2D eigenvalue weighted by molar-refractivity contribution is 0.312. The summed E-state index contributed by atoms with van der Waals surface area (Å²) in [4.78, 5) is 3.56. The lowest BCUT2D eigenvalue weighted by Crippen LogP contribution is -2.37. The third-order valence-corrected chi connectivity index (χ3v) is 4.28. The van der Waals surface area contributed by atoms with Crippen LogP contribution in [0.1, 0.15) is 27.7 Å². The van der Waals surface area contributed by atoms with E-state index in [0.29, 0.717) is 17.2 Å². The molecule has 1 unspecified atom stereocenters. The molecule has 76 valence electrons. The van der Waals surface area contributed by atoms with Gasteiger partial charge in [0.05, 0.1) is 10.4 Å². The minimum absolute atomic E-state index is 0.620. The van der Waals surface area contributed by atoms with Gasteiger partial charge < -0.3 is 4.90 Å². The highest BCUT2D eigenvalue weighted by Crippen LogP contribution is 2.31. The summed E-state index contributed by atoms with van der Waals surface area (Å²) in [5.41, 5.74) is 0. The minimum Gasteiger partial charge on any atom is -0.353 e. The van der Waals surface area contributed by atoms with Gasteiger partial charge in [-0.2, -0.15) is 0 Å². The molecule has 1 aliphatic heterocycles. The predicted molar refractivity (Wildman–Crippen MR) is 65.2 cm³/mol. The van der Waals surface area contributed by atoms with E-state index in [2.05, 4.69) is 32.6 Å². The summed E-state index contributed by atoms with van der Waals surface area (Å²) in [6, 6.07) is 0.